The number of ether oxygens (including phenoxy) is 2. The molecule has 5 rings (SSSR count). The van der Waals surface area contributed by atoms with Gasteiger partial charge < -0.3 is 20.1 Å². The maximum absolute atomic E-state index is 13.3. The van der Waals surface area contributed by atoms with E-state index in [1.165, 1.54) is 11.1 Å². The van der Waals surface area contributed by atoms with Crippen LogP contribution >= 0.6 is 0 Å². The molecule has 1 aliphatic rings. The molecule has 0 bridgehead atoms. The van der Waals surface area contributed by atoms with Crippen molar-refractivity contribution >= 4 is 28.8 Å². The minimum atomic E-state index is -0.635. The molecular formula is C31H31N3O3. The Kier molecular flexibility index (Phi) is 6.73. The summed E-state index contributed by atoms with van der Waals surface area (Å²) >= 11 is 0. The minimum absolute atomic E-state index is 0.451. The van der Waals surface area contributed by atoms with E-state index >= 15 is 0 Å². The Balaban J connectivity index is 1.43. The lowest BCUT2D eigenvalue weighted by Gasteiger charge is -2.33. The van der Waals surface area contributed by atoms with E-state index < -0.39 is 11.7 Å². The fourth-order valence-electron chi connectivity index (χ4n) is 4.13. The molecule has 0 saturated carbocycles. The second kappa shape index (κ2) is 10.3. The highest BCUT2D eigenvalue weighted by Gasteiger charge is 2.33. The molecule has 1 amide bonds. The van der Waals surface area contributed by atoms with E-state index in [1.807, 2.05) is 93.6 Å². The fraction of sp³-hybridized carbons (Fsp3) is 0.194. The number of carbonyl (C=O) groups excluding carboxylic acids is 1. The van der Waals surface area contributed by atoms with Gasteiger partial charge in [0.1, 0.15) is 5.60 Å². The Morgan fingerprint density at radius 3 is 1.62 bits per heavy atom. The summed E-state index contributed by atoms with van der Waals surface area (Å²) in [7, 11) is 0. The van der Waals surface area contributed by atoms with Crippen LogP contribution in [-0.2, 0) is 17.8 Å². The SMILES string of the molecule is CC(C)(C)OC(=O)N1c2ccc(NCc3ccccc3)cc2Oc2cc(NCc3ccccc3)ccc21. The van der Waals surface area contributed by atoms with Crippen molar-refractivity contribution in [3.05, 3.63) is 108 Å². The quantitative estimate of drug-likeness (QED) is 0.284. The standard InChI is InChI=1S/C31H31N3O3/c1-31(2,3)37-30(35)34-26-16-14-24(32-20-22-10-6-4-7-11-22)18-28(26)36-29-19-25(15-17-27(29)34)33-21-23-12-8-5-9-13-23/h4-19,32-33H,20-21H2,1-3H3. The molecule has 0 aliphatic carbocycles. The Hall–Kier alpha value is -4.45. The average molecular weight is 494 g/mol. The number of fused-ring (bicyclic) bond motifs is 2. The van der Waals surface area contributed by atoms with Gasteiger partial charge in [-0.25, -0.2) is 9.69 Å². The van der Waals surface area contributed by atoms with Gasteiger partial charge in [0.2, 0.25) is 0 Å². The predicted octanol–water partition coefficient (Wildman–Crippen LogP) is 8.09. The van der Waals surface area contributed by atoms with Crippen molar-refractivity contribution in [2.24, 2.45) is 0 Å². The molecule has 0 radical (unpaired) electrons. The minimum Gasteiger partial charge on any atom is -0.453 e. The lowest BCUT2D eigenvalue weighted by Crippen LogP contribution is -2.35. The van der Waals surface area contributed by atoms with Crippen LogP contribution in [-0.4, -0.2) is 11.7 Å². The van der Waals surface area contributed by atoms with Gasteiger partial charge in [-0.3, -0.25) is 0 Å². The molecule has 0 atom stereocenters. The number of anilines is 4. The summed E-state index contributed by atoms with van der Waals surface area (Å²) in [6.07, 6.45) is -0.451. The third kappa shape index (κ3) is 5.86. The van der Waals surface area contributed by atoms with Crippen LogP contribution in [0.25, 0.3) is 0 Å². The van der Waals surface area contributed by atoms with Crippen molar-refractivity contribution < 1.29 is 14.3 Å². The van der Waals surface area contributed by atoms with Crippen LogP contribution in [0, 0.1) is 0 Å². The zero-order chi connectivity index (χ0) is 25.8. The summed E-state index contributed by atoms with van der Waals surface area (Å²) in [5, 5.41) is 6.88. The number of benzene rings is 4. The van der Waals surface area contributed by atoms with E-state index in [0.29, 0.717) is 36.0 Å². The maximum Gasteiger partial charge on any atom is 0.419 e. The second-order valence-electron chi connectivity index (χ2n) is 9.96. The zero-order valence-electron chi connectivity index (χ0n) is 21.3. The summed E-state index contributed by atoms with van der Waals surface area (Å²) in [5.74, 6) is 1.16. The first-order valence-corrected chi connectivity index (χ1v) is 12.4. The molecule has 2 N–H and O–H groups in total. The molecule has 0 fully saturated rings. The third-order valence-corrected chi connectivity index (χ3v) is 5.88. The van der Waals surface area contributed by atoms with E-state index in [4.69, 9.17) is 9.47 Å². The van der Waals surface area contributed by atoms with Crippen molar-refractivity contribution in [1.29, 1.82) is 0 Å². The number of carbonyl (C=O) groups is 1. The highest BCUT2D eigenvalue weighted by atomic mass is 16.6. The number of amides is 1. The average Bonchev–Trinajstić information content (AvgIpc) is 2.89. The molecule has 0 aromatic heterocycles. The number of rotatable bonds is 6. The number of hydrogen-bond acceptors (Lipinski definition) is 5. The summed E-state index contributed by atoms with van der Waals surface area (Å²) in [4.78, 5) is 14.9. The van der Waals surface area contributed by atoms with Gasteiger partial charge in [0, 0.05) is 36.6 Å². The van der Waals surface area contributed by atoms with Crippen LogP contribution in [0.3, 0.4) is 0 Å². The summed E-state index contributed by atoms with van der Waals surface area (Å²) in [6.45, 7) is 6.94. The van der Waals surface area contributed by atoms with Crippen molar-refractivity contribution in [2.45, 2.75) is 39.5 Å². The lowest BCUT2D eigenvalue weighted by molar-refractivity contribution is 0.0596. The van der Waals surface area contributed by atoms with Gasteiger partial charge in [0.05, 0.1) is 11.4 Å². The van der Waals surface area contributed by atoms with E-state index in [0.717, 1.165) is 11.4 Å². The van der Waals surface area contributed by atoms with Gasteiger partial charge >= 0.3 is 6.09 Å². The van der Waals surface area contributed by atoms with Crippen LogP contribution in [0.15, 0.2) is 97.1 Å². The molecule has 4 aromatic rings. The molecule has 188 valence electrons. The van der Waals surface area contributed by atoms with Crippen molar-refractivity contribution in [1.82, 2.24) is 0 Å². The molecule has 0 saturated heterocycles. The Morgan fingerprint density at radius 1 is 0.730 bits per heavy atom. The van der Waals surface area contributed by atoms with Gasteiger partial charge in [0.25, 0.3) is 0 Å². The van der Waals surface area contributed by atoms with Gasteiger partial charge in [-0.15, -0.1) is 0 Å². The van der Waals surface area contributed by atoms with Crippen molar-refractivity contribution in [3.63, 3.8) is 0 Å². The molecular weight excluding hydrogens is 462 g/mol. The molecule has 1 heterocycles. The van der Waals surface area contributed by atoms with Gasteiger partial charge in [-0.2, -0.15) is 0 Å². The van der Waals surface area contributed by atoms with Crippen molar-refractivity contribution in [2.75, 3.05) is 15.5 Å². The summed E-state index contributed by atoms with van der Waals surface area (Å²) in [6, 6.07) is 31.9. The number of hydrogen-bond donors (Lipinski definition) is 2. The molecule has 0 spiro atoms. The first kappa shape index (κ1) is 24.3. The normalized spacial score (nSPS) is 12.1. The predicted molar refractivity (Wildman–Crippen MR) is 149 cm³/mol. The smallest absolute Gasteiger partial charge is 0.419 e. The van der Waals surface area contributed by atoms with Crippen LogP contribution in [0.5, 0.6) is 11.5 Å². The number of nitrogens with one attached hydrogen (secondary N) is 2. The molecule has 37 heavy (non-hydrogen) atoms. The topological polar surface area (TPSA) is 62.8 Å². The second-order valence-corrected chi connectivity index (χ2v) is 9.96. The highest BCUT2D eigenvalue weighted by Crippen LogP contribution is 2.49. The monoisotopic (exact) mass is 493 g/mol. The van der Waals surface area contributed by atoms with E-state index in [2.05, 4.69) is 34.9 Å². The number of nitrogens with zero attached hydrogens (tertiary/aromatic N) is 1. The Labute approximate surface area is 217 Å². The van der Waals surface area contributed by atoms with Gasteiger partial charge in [-0.1, -0.05) is 60.7 Å². The molecule has 6 nitrogen and oxygen atoms in total. The van der Waals surface area contributed by atoms with Crippen LogP contribution in [0.1, 0.15) is 31.9 Å². The lowest BCUT2D eigenvalue weighted by atomic mass is 10.1. The molecule has 4 aromatic carbocycles. The molecule has 1 aliphatic heterocycles. The zero-order valence-corrected chi connectivity index (χ0v) is 21.3. The fourth-order valence-corrected chi connectivity index (χ4v) is 4.13. The Bertz CT molecular complexity index is 1290. The Morgan fingerprint density at radius 2 is 1.19 bits per heavy atom. The maximum atomic E-state index is 13.3. The highest BCUT2D eigenvalue weighted by molar-refractivity contribution is 6.01. The van der Waals surface area contributed by atoms with Gasteiger partial charge in [-0.05, 0) is 56.2 Å². The van der Waals surface area contributed by atoms with Crippen LogP contribution in [0.4, 0.5) is 27.5 Å². The summed E-state index contributed by atoms with van der Waals surface area (Å²) < 4.78 is 12.1. The molecule has 0 unspecified atom stereocenters. The van der Waals surface area contributed by atoms with Crippen LogP contribution < -0.4 is 20.3 Å². The van der Waals surface area contributed by atoms with Gasteiger partial charge in [0.15, 0.2) is 11.5 Å². The van der Waals surface area contributed by atoms with E-state index in [9.17, 15) is 4.79 Å². The van der Waals surface area contributed by atoms with Crippen molar-refractivity contribution in [3.8, 4) is 11.5 Å². The largest absolute Gasteiger partial charge is 0.453 e. The first-order valence-electron chi connectivity index (χ1n) is 12.4. The summed E-state index contributed by atoms with van der Waals surface area (Å²) in [5.41, 5.74) is 4.78. The van der Waals surface area contributed by atoms with E-state index in [-0.39, 0.29) is 0 Å². The molecule has 6 heteroatoms. The third-order valence-electron chi connectivity index (χ3n) is 5.88. The van der Waals surface area contributed by atoms with E-state index in [1.54, 1.807) is 4.90 Å². The van der Waals surface area contributed by atoms with Crippen LogP contribution in [0.2, 0.25) is 0 Å². The first-order chi connectivity index (χ1) is 17.9.